The zero-order valence-electron chi connectivity index (χ0n) is 11.2. The van der Waals surface area contributed by atoms with E-state index in [9.17, 15) is 26.3 Å². The van der Waals surface area contributed by atoms with E-state index in [-0.39, 0.29) is 11.1 Å². The number of aryl methyl sites for hydroxylation is 1. The lowest BCUT2D eigenvalue weighted by Gasteiger charge is -2.14. The third kappa shape index (κ3) is 3.93. The van der Waals surface area contributed by atoms with Crippen molar-refractivity contribution in [2.45, 2.75) is 19.5 Å². The quantitative estimate of drug-likeness (QED) is 0.656. The molecule has 0 aliphatic carbocycles. The Labute approximate surface area is 122 Å². The van der Waals surface area contributed by atoms with Crippen LogP contribution in [0.25, 0.3) is 11.1 Å². The fourth-order valence-electron chi connectivity index (χ4n) is 1.98. The van der Waals surface area contributed by atoms with Crippen molar-refractivity contribution in [1.82, 2.24) is 0 Å². The van der Waals surface area contributed by atoms with Crippen LogP contribution in [0.5, 0.6) is 5.75 Å². The van der Waals surface area contributed by atoms with Crippen molar-refractivity contribution in [3.05, 3.63) is 53.6 Å². The summed E-state index contributed by atoms with van der Waals surface area (Å²) in [6.45, 7) is 1.63. The van der Waals surface area contributed by atoms with Crippen LogP contribution in [0.15, 0.2) is 42.5 Å². The number of alkyl halides is 6. The molecule has 0 radical (unpaired) electrons. The molecule has 1 nitrogen and oxygen atoms in total. The number of halogens is 6. The molecule has 0 fully saturated rings. The maximum absolute atomic E-state index is 13.0. The Bertz CT molecular complexity index is 655. The Balaban J connectivity index is 2.42. The van der Waals surface area contributed by atoms with Crippen LogP contribution in [0.1, 0.15) is 11.1 Å². The first-order valence-corrected chi connectivity index (χ1v) is 6.10. The smallest absolute Gasteiger partial charge is 0.406 e. The molecule has 0 aromatic heterocycles. The van der Waals surface area contributed by atoms with E-state index < -0.39 is 23.9 Å². The lowest BCUT2D eigenvalue weighted by Crippen LogP contribution is -2.17. The number of benzene rings is 2. The summed E-state index contributed by atoms with van der Waals surface area (Å²) in [6, 6.07) is 7.88. The average Bonchev–Trinajstić information content (AvgIpc) is 2.36. The van der Waals surface area contributed by atoms with Crippen LogP contribution in [-0.2, 0) is 6.18 Å². The standard InChI is InChI=1S/C15H10F6O/c1-9-2-7-13(14(16,17)18)12(8-9)10-3-5-11(6-4-10)22-15(19,20)21/h2-8H,1H3. The highest BCUT2D eigenvalue weighted by molar-refractivity contribution is 5.69. The van der Waals surface area contributed by atoms with Gasteiger partial charge < -0.3 is 4.74 Å². The van der Waals surface area contributed by atoms with Gasteiger partial charge in [0.1, 0.15) is 5.75 Å². The summed E-state index contributed by atoms with van der Waals surface area (Å²) in [5.74, 6) is -0.488. The van der Waals surface area contributed by atoms with Gasteiger partial charge >= 0.3 is 12.5 Å². The molecule has 0 saturated heterocycles. The fourth-order valence-corrected chi connectivity index (χ4v) is 1.98. The second-order valence-corrected chi connectivity index (χ2v) is 4.62. The van der Waals surface area contributed by atoms with Crippen LogP contribution in [0.2, 0.25) is 0 Å². The maximum atomic E-state index is 13.0. The minimum Gasteiger partial charge on any atom is -0.406 e. The molecule has 0 aliphatic heterocycles. The maximum Gasteiger partial charge on any atom is 0.573 e. The normalized spacial score (nSPS) is 12.3. The van der Waals surface area contributed by atoms with Gasteiger partial charge in [-0.15, -0.1) is 13.2 Å². The molecular formula is C15H10F6O. The molecule has 0 aliphatic rings. The minimum absolute atomic E-state index is 0.0916. The minimum atomic E-state index is -4.85. The predicted octanol–water partition coefficient (Wildman–Crippen LogP) is 5.58. The van der Waals surface area contributed by atoms with Gasteiger partial charge in [0.15, 0.2) is 0 Å². The summed E-state index contributed by atoms with van der Waals surface area (Å²) < 4.78 is 78.9. The van der Waals surface area contributed by atoms with Gasteiger partial charge in [-0.1, -0.05) is 29.8 Å². The largest absolute Gasteiger partial charge is 0.573 e. The van der Waals surface area contributed by atoms with Gasteiger partial charge in [-0.25, -0.2) is 0 Å². The molecule has 118 valence electrons. The Morgan fingerprint density at radius 2 is 1.41 bits per heavy atom. The van der Waals surface area contributed by atoms with Crippen molar-refractivity contribution in [1.29, 1.82) is 0 Å². The molecule has 0 atom stereocenters. The van der Waals surface area contributed by atoms with Crippen LogP contribution in [0.3, 0.4) is 0 Å². The molecular weight excluding hydrogens is 310 g/mol. The van der Waals surface area contributed by atoms with Gasteiger partial charge in [-0.05, 0) is 36.2 Å². The number of rotatable bonds is 2. The van der Waals surface area contributed by atoms with Gasteiger partial charge in [0.2, 0.25) is 0 Å². The fraction of sp³-hybridized carbons (Fsp3) is 0.200. The molecule has 0 unspecified atom stereocenters. The number of hydrogen-bond acceptors (Lipinski definition) is 1. The molecule has 0 bridgehead atoms. The molecule has 22 heavy (non-hydrogen) atoms. The number of hydrogen-bond donors (Lipinski definition) is 0. The van der Waals surface area contributed by atoms with E-state index >= 15 is 0 Å². The average molecular weight is 320 g/mol. The summed E-state index contributed by atoms with van der Waals surface area (Å²) in [5.41, 5.74) is -0.169. The summed E-state index contributed by atoms with van der Waals surface area (Å²) >= 11 is 0. The van der Waals surface area contributed by atoms with Crippen LogP contribution in [0, 0.1) is 6.92 Å². The van der Waals surface area contributed by atoms with E-state index in [2.05, 4.69) is 4.74 Å². The molecule has 2 rings (SSSR count). The van der Waals surface area contributed by atoms with Crippen LogP contribution in [0.4, 0.5) is 26.3 Å². The van der Waals surface area contributed by atoms with Crippen molar-refractivity contribution < 1.29 is 31.1 Å². The lowest BCUT2D eigenvalue weighted by molar-refractivity contribution is -0.274. The van der Waals surface area contributed by atoms with Crippen LogP contribution < -0.4 is 4.74 Å². The summed E-state index contributed by atoms with van der Waals surface area (Å²) in [6.07, 6.45) is -9.40. The van der Waals surface area contributed by atoms with E-state index in [1.54, 1.807) is 6.92 Å². The molecule has 0 spiro atoms. The highest BCUT2D eigenvalue weighted by atomic mass is 19.4. The van der Waals surface area contributed by atoms with Gasteiger partial charge in [0, 0.05) is 0 Å². The molecule has 0 saturated carbocycles. The summed E-state index contributed by atoms with van der Waals surface area (Å²) in [5, 5.41) is 0. The van der Waals surface area contributed by atoms with Crippen LogP contribution >= 0.6 is 0 Å². The zero-order valence-corrected chi connectivity index (χ0v) is 11.2. The van der Waals surface area contributed by atoms with E-state index in [1.807, 2.05) is 0 Å². The van der Waals surface area contributed by atoms with Crippen molar-refractivity contribution >= 4 is 0 Å². The SMILES string of the molecule is Cc1ccc(C(F)(F)F)c(-c2ccc(OC(F)(F)F)cc2)c1. The highest BCUT2D eigenvalue weighted by Gasteiger charge is 2.34. The van der Waals surface area contributed by atoms with Gasteiger partial charge in [-0.3, -0.25) is 0 Å². The van der Waals surface area contributed by atoms with Gasteiger partial charge in [0.25, 0.3) is 0 Å². The Kier molecular flexibility index (Phi) is 4.08. The van der Waals surface area contributed by atoms with E-state index in [0.717, 1.165) is 30.3 Å². The molecule has 7 heteroatoms. The molecule has 2 aromatic carbocycles. The Morgan fingerprint density at radius 3 is 1.91 bits per heavy atom. The summed E-state index contributed by atoms with van der Waals surface area (Å²) in [4.78, 5) is 0. The third-order valence-electron chi connectivity index (χ3n) is 2.88. The monoisotopic (exact) mass is 320 g/mol. The van der Waals surface area contributed by atoms with Gasteiger partial charge in [0.05, 0.1) is 5.56 Å². The van der Waals surface area contributed by atoms with Crippen molar-refractivity contribution in [3.8, 4) is 16.9 Å². The number of ether oxygens (including phenoxy) is 1. The first kappa shape index (κ1) is 16.2. The molecule has 0 amide bonds. The first-order valence-electron chi connectivity index (χ1n) is 6.10. The molecule has 2 aromatic rings. The molecule has 0 heterocycles. The predicted molar refractivity (Wildman–Crippen MR) is 68.3 cm³/mol. The Hall–Kier alpha value is -2.18. The topological polar surface area (TPSA) is 9.23 Å². The second-order valence-electron chi connectivity index (χ2n) is 4.62. The van der Waals surface area contributed by atoms with E-state index in [0.29, 0.717) is 5.56 Å². The summed E-state index contributed by atoms with van der Waals surface area (Å²) in [7, 11) is 0. The zero-order chi connectivity index (χ0) is 16.5. The highest BCUT2D eigenvalue weighted by Crippen LogP contribution is 2.38. The van der Waals surface area contributed by atoms with E-state index in [1.165, 1.54) is 12.1 Å². The van der Waals surface area contributed by atoms with Gasteiger partial charge in [-0.2, -0.15) is 13.2 Å². The third-order valence-corrected chi connectivity index (χ3v) is 2.88. The van der Waals surface area contributed by atoms with E-state index in [4.69, 9.17) is 0 Å². The van der Waals surface area contributed by atoms with Crippen molar-refractivity contribution in [3.63, 3.8) is 0 Å². The van der Waals surface area contributed by atoms with Crippen molar-refractivity contribution in [2.75, 3.05) is 0 Å². The van der Waals surface area contributed by atoms with Crippen LogP contribution in [-0.4, -0.2) is 6.36 Å². The van der Waals surface area contributed by atoms with Crippen molar-refractivity contribution in [2.24, 2.45) is 0 Å². The molecule has 0 N–H and O–H groups in total. The second kappa shape index (κ2) is 5.55. The lowest BCUT2D eigenvalue weighted by atomic mass is 9.97. The Morgan fingerprint density at radius 1 is 0.818 bits per heavy atom. The first-order chi connectivity index (χ1) is 10.1.